The molecule has 0 unspecified atom stereocenters. The maximum absolute atomic E-state index is 13.9. The number of benzene rings is 4. The standard InChI is InChI=1S/C65H78ClN3O12S2/c1-6-7-8-9-10-11-12-13-14-15-16-17-18-19-20-21-26-51(70)40-44-78-47-64(2,3)59(80-62(76)54-28-23-25-30-56(54)79-61(75)53-27-22-24-29-55(53)71)60(74)68-41-39-57(72)67-42-45-82-83-46-43-69-63(77)65(4,5)81-52-37-33-49(34-38-52)58(73)48-31-35-50(66)36-32-48/h7-8,10-11,13-14,16-17,19-20,22-25,27-38,59,71H,6,9,12,15,18,21,26,39-47H2,1-5H3,(H,67,72)(H,68,74)(H,69,77)/b8-7-,11-10-,14-13-,17-16+,20-19+/t59-/m0/s1. The van der Waals surface area contributed by atoms with Crippen LogP contribution in [0, 0.1) is 5.41 Å². The first-order valence-electron chi connectivity index (χ1n) is 27.7. The monoisotopic (exact) mass is 1190 g/mol. The van der Waals surface area contributed by atoms with E-state index in [2.05, 4.69) is 71.5 Å². The van der Waals surface area contributed by atoms with E-state index in [4.69, 9.17) is 30.5 Å². The van der Waals surface area contributed by atoms with Crippen LogP contribution < -0.4 is 25.4 Å². The van der Waals surface area contributed by atoms with Crippen LogP contribution in [-0.4, -0.2) is 102 Å². The molecule has 0 fully saturated rings. The number of aromatic hydroxyl groups is 1. The van der Waals surface area contributed by atoms with Gasteiger partial charge in [0.25, 0.3) is 11.8 Å². The lowest BCUT2D eigenvalue weighted by atomic mass is 9.86. The molecule has 18 heteroatoms. The van der Waals surface area contributed by atoms with Crippen LogP contribution in [0.25, 0.3) is 0 Å². The summed E-state index contributed by atoms with van der Waals surface area (Å²) in [6, 6.07) is 24.8. The Hall–Kier alpha value is -7.18. The number of amides is 3. The predicted molar refractivity (Wildman–Crippen MR) is 331 cm³/mol. The molecule has 0 bridgehead atoms. The summed E-state index contributed by atoms with van der Waals surface area (Å²) >= 11 is 5.95. The van der Waals surface area contributed by atoms with E-state index in [1.807, 2.05) is 12.2 Å². The first-order chi connectivity index (χ1) is 39.9. The number of carbonyl (C=O) groups is 7. The van der Waals surface area contributed by atoms with Crippen LogP contribution in [0.15, 0.2) is 158 Å². The number of rotatable bonds is 38. The van der Waals surface area contributed by atoms with Gasteiger partial charge < -0.3 is 40.0 Å². The molecule has 444 valence electrons. The second-order valence-electron chi connectivity index (χ2n) is 20.0. The van der Waals surface area contributed by atoms with Gasteiger partial charge in [-0.05, 0) is 125 Å². The molecule has 0 aliphatic heterocycles. The molecule has 4 aromatic rings. The highest BCUT2D eigenvalue weighted by Gasteiger charge is 2.40. The number of phenols is 1. The molecule has 0 heterocycles. The van der Waals surface area contributed by atoms with Gasteiger partial charge in [-0.3, -0.25) is 24.0 Å². The molecule has 83 heavy (non-hydrogen) atoms. The summed E-state index contributed by atoms with van der Waals surface area (Å²) in [5.41, 5.74) is -1.68. The smallest absolute Gasteiger partial charge is 0.347 e. The van der Waals surface area contributed by atoms with Gasteiger partial charge in [-0.1, -0.05) is 139 Å². The van der Waals surface area contributed by atoms with Crippen LogP contribution in [0.3, 0.4) is 0 Å². The Labute approximate surface area is 501 Å². The highest BCUT2D eigenvalue weighted by Crippen LogP contribution is 2.29. The minimum absolute atomic E-state index is 0.00962. The van der Waals surface area contributed by atoms with Crippen LogP contribution in [0.5, 0.6) is 17.2 Å². The number of ether oxygens (including phenoxy) is 4. The second kappa shape index (κ2) is 37.8. The number of allylic oxidation sites excluding steroid dienone is 10. The maximum atomic E-state index is 13.9. The normalized spacial score (nSPS) is 12.3. The van der Waals surface area contributed by atoms with Gasteiger partial charge in [-0.15, -0.1) is 0 Å². The Bertz CT molecular complexity index is 2880. The molecule has 0 aromatic heterocycles. The van der Waals surface area contributed by atoms with Gasteiger partial charge in [0.15, 0.2) is 17.5 Å². The van der Waals surface area contributed by atoms with Gasteiger partial charge in [0, 0.05) is 72.0 Å². The van der Waals surface area contributed by atoms with Crippen LogP contribution >= 0.6 is 33.2 Å². The molecule has 0 saturated carbocycles. The van der Waals surface area contributed by atoms with Gasteiger partial charge in [0.1, 0.15) is 34.2 Å². The summed E-state index contributed by atoms with van der Waals surface area (Å²) in [5, 5.41) is 19.2. The van der Waals surface area contributed by atoms with E-state index in [1.165, 1.54) is 51.9 Å². The highest BCUT2D eigenvalue weighted by atomic mass is 35.5. The zero-order valence-corrected chi connectivity index (χ0v) is 50.4. The van der Waals surface area contributed by atoms with Crippen LogP contribution in [0.4, 0.5) is 0 Å². The number of carbonyl (C=O) groups excluding carboxylic acids is 7. The molecule has 4 N–H and O–H groups in total. The van der Waals surface area contributed by atoms with Gasteiger partial charge >= 0.3 is 11.9 Å². The molecular formula is C65H78ClN3O12S2. The van der Waals surface area contributed by atoms with Gasteiger partial charge in [0.2, 0.25) is 5.91 Å². The van der Waals surface area contributed by atoms with Crippen molar-refractivity contribution >= 4 is 74.4 Å². The van der Waals surface area contributed by atoms with Crippen molar-refractivity contribution < 1.29 is 57.6 Å². The zero-order chi connectivity index (χ0) is 60.3. The van der Waals surface area contributed by atoms with Crippen molar-refractivity contribution in [2.24, 2.45) is 5.41 Å². The van der Waals surface area contributed by atoms with E-state index in [1.54, 1.807) is 94.4 Å². The Morgan fingerprint density at radius 1 is 0.614 bits per heavy atom. The molecule has 1 atom stereocenters. The Kier molecular flexibility index (Phi) is 31.1. The Morgan fingerprint density at radius 2 is 1.17 bits per heavy atom. The minimum atomic E-state index is -1.47. The predicted octanol–water partition coefficient (Wildman–Crippen LogP) is 12.5. The molecule has 4 rings (SSSR count). The highest BCUT2D eigenvalue weighted by molar-refractivity contribution is 8.76. The fourth-order valence-electron chi connectivity index (χ4n) is 7.63. The topological polar surface area (TPSA) is 213 Å². The SMILES string of the molecule is CC/C=C\C/C=C\C/C=C\C/C=C/C/C=C/CCC(=O)CCOCC(C)(C)[C@@H](OC(=O)c1ccccc1OC(=O)c1ccccc1O)C(=O)NCCC(=O)NCCSSCCNC(=O)C(C)(C)Oc1ccc(C(=O)c2ccc(Cl)cc2)cc1. The first-order valence-corrected chi connectivity index (χ1v) is 30.6. The van der Waals surface area contributed by atoms with E-state index in [0.717, 1.165) is 32.1 Å². The van der Waals surface area contributed by atoms with E-state index in [0.29, 0.717) is 59.3 Å². The number of halogens is 1. The third-order valence-electron chi connectivity index (χ3n) is 12.2. The maximum Gasteiger partial charge on any atom is 0.347 e. The lowest BCUT2D eigenvalue weighted by Gasteiger charge is -2.32. The first kappa shape index (κ1) is 68.3. The number of nitrogens with one attached hydrogen (secondary N) is 3. The number of phenolic OH excluding ortho intramolecular Hbond substituents is 1. The third kappa shape index (κ3) is 26.3. The van der Waals surface area contributed by atoms with E-state index in [-0.39, 0.29) is 78.6 Å². The lowest BCUT2D eigenvalue weighted by Crippen LogP contribution is -2.49. The fraction of sp³-hybridized carbons (Fsp3) is 0.369. The van der Waals surface area contributed by atoms with Crippen molar-refractivity contribution in [2.45, 2.75) is 104 Å². The number of para-hydroxylation sites is 2. The number of hydrogen-bond acceptors (Lipinski definition) is 14. The number of ketones is 2. The van der Waals surface area contributed by atoms with E-state index < -0.39 is 35.0 Å². The molecular weight excluding hydrogens is 1110 g/mol. The minimum Gasteiger partial charge on any atom is -0.507 e. The average molecular weight is 1190 g/mol. The summed E-state index contributed by atoms with van der Waals surface area (Å²) < 4.78 is 23.3. The van der Waals surface area contributed by atoms with Crippen molar-refractivity contribution in [1.29, 1.82) is 0 Å². The Balaban J connectivity index is 1.20. The van der Waals surface area contributed by atoms with Crippen molar-refractivity contribution in [2.75, 3.05) is 44.4 Å². The largest absolute Gasteiger partial charge is 0.507 e. The zero-order valence-electron chi connectivity index (χ0n) is 48.0. The summed E-state index contributed by atoms with van der Waals surface area (Å²) in [7, 11) is 3.03. The second-order valence-corrected chi connectivity index (χ2v) is 23.2. The quantitative estimate of drug-likeness (QED) is 0.00821. The molecule has 0 saturated heterocycles. The molecule has 0 radical (unpaired) electrons. The van der Waals surface area contributed by atoms with E-state index >= 15 is 0 Å². The molecule has 0 aliphatic carbocycles. The lowest BCUT2D eigenvalue weighted by molar-refractivity contribution is -0.140. The summed E-state index contributed by atoms with van der Waals surface area (Å²) in [6.45, 7) is 9.37. The van der Waals surface area contributed by atoms with E-state index in [9.17, 15) is 38.7 Å². The molecule has 3 amide bonds. The fourth-order valence-corrected chi connectivity index (χ4v) is 9.57. The number of hydrogen-bond donors (Lipinski definition) is 4. The van der Waals surface area contributed by atoms with Gasteiger partial charge in [-0.2, -0.15) is 0 Å². The van der Waals surface area contributed by atoms with Crippen molar-refractivity contribution in [3.8, 4) is 17.2 Å². The summed E-state index contributed by atoms with van der Waals surface area (Å²) in [5.74, 6) is -2.30. The van der Waals surface area contributed by atoms with Crippen molar-refractivity contribution in [3.63, 3.8) is 0 Å². The van der Waals surface area contributed by atoms with Crippen LogP contribution in [0.1, 0.15) is 129 Å². The van der Waals surface area contributed by atoms with Gasteiger partial charge in [-0.25, -0.2) is 9.59 Å². The molecule has 0 aliphatic rings. The van der Waals surface area contributed by atoms with Crippen molar-refractivity contribution in [3.05, 3.63) is 185 Å². The average Bonchev–Trinajstić information content (AvgIpc) is 3.67. The summed E-state index contributed by atoms with van der Waals surface area (Å²) in [4.78, 5) is 92.2. The molecule has 15 nitrogen and oxygen atoms in total. The van der Waals surface area contributed by atoms with Crippen LogP contribution in [0.2, 0.25) is 5.02 Å². The molecule has 0 spiro atoms. The van der Waals surface area contributed by atoms with Crippen molar-refractivity contribution in [1.82, 2.24) is 16.0 Å². The van der Waals surface area contributed by atoms with Crippen LogP contribution in [-0.2, 0) is 28.7 Å². The summed E-state index contributed by atoms with van der Waals surface area (Å²) in [6.07, 6.45) is 25.3. The number of esters is 2. The molecule has 4 aromatic carbocycles. The Morgan fingerprint density at radius 3 is 1.78 bits per heavy atom. The third-order valence-corrected chi connectivity index (χ3v) is 14.9. The number of Topliss-reactive ketones (excluding diaryl/α,β-unsaturated/α-hetero) is 1. The van der Waals surface area contributed by atoms with Gasteiger partial charge in [0.05, 0.1) is 13.2 Å².